The Morgan fingerprint density at radius 1 is 1.39 bits per heavy atom. The number of benzene rings is 1. The van der Waals surface area contributed by atoms with Crippen LogP contribution in [0.2, 0.25) is 5.15 Å². The summed E-state index contributed by atoms with van der Waals surface area (Å²) in [6.45, 7) is 6.76. The minimum Gasteiger partial charge on any atom is -0.483 e. The zero-order valence-electron chi connectivity index (χ0n) is 9.10. The molecular formula is C12H7ClFN3O. The minimum atomic E-state index is -0.592. The van der Waals surface area contributed by atoms with Gasteiger partial charge >= 0.3 is 0 Å². The molecule has 0 aliphatic rings. The molecule has 6 heteroatoms. The number of halogens is 2. The van der Waals surface area contributed by atoms with Crippen LogP contribution in [0.5, 0.6) is 5.75 Å². The van der Waals surface area contributed by atoms with Gasteiger partial charge in [-0.1, -0.05) is 17.7 Å². The fourth-order valence-corrected chi connectivity index (χ4v) is 1.42. The quantitative estimate of drug-likeness (QED) is 0.629. The minimum absolute atomic E-state index is 0.00877. The molecule has 18 heavy (non-hydrogen) atoms. The Kier molecular flexibility index (Phi) is 3.70. The SMILES string of the molecule is [C-]#[N+]c1ccc(OCc2nccc(Cl)n2)c(F)c1. The Morgan fingerprint density at radius 2 is 2.22 bits per heavy atom. The Hall–Kier alpha value is -2.19. The predicted octanol–water partition coefficient (Wildman–Crippen LogP) is 3.40. The van der Waals surface area contributed by atoms with E-state index in [1.54, 1.807) is 0 Å². The summed E-state index contributed by atoms with van der Waals surface area (Å²) in [6.07, 6.45) is 1.49. The van der Waals surface area contributed by atoms with Gasteiger partial charge in [0.15, 0.2) is 23.1 Å². The molecule has 0 saturated carbocycles. The van der Waals surface area contributed by atoms with Crippen LogP contribution >= 0.6 is 11.6 Å². The van der Waals surface area contributed by atoms with E-state index in [0.29, 0.717) is 11.0 Å². The summed E-state index contributed by atoms with van der Waals surface area (Å²) in [5.74, 6) is -0.187. The number of aromatic nitrogens is 2. The lowest BCUT2D eigenvalue weighted by Crippen LogP contribution is -2.02. The van der Waals surface area contributed by atoms with Crippen molar-refractivity contribution in [2.24, 2.45) is 0 Å². The first kappa shape index (κ1) is 12.3. The molecule has 0 atom stereocenters. The van der Waals surface area contributed by atoms with Crippen molar-refractivity contribution in [2.75, 3.05) is 0 Å². The highest BCUT2D eigenvalue weighted by Crippen LogP contribution is 2.23. The summed E-state index contributed by atoms with van der Waals surface area (Å²) in [5.41, 5.74) is 0.221. The highest BCUT2D eigenvalue weighted by Gasteiger charge is 2.06. The third kappa shape index (κ3) is 2.93. The van der Waals surface area contributed by atoms with Gasteiger partial charge in [-0.2, -0.15) is 0 Å². The van der Waals surface area contributed by atoms with Crippen molar-refractivity contribution in [3.05, 3.63) is 58.7 Å². The average molecular weight is 264 g/mol. The van der Waals surface area contributed by atoms with E-state index in [2.05, 4.69) is 14.8 Å². The summed E-state index contributed by atoms with van der Waals surface area (Å²) in [5, 5.41) is 0.299. The van der Waals surface area contributed by atoms with Crippen molar-refractivity contribution in [1.29, 1.82) is 0 Å². The Morgan fingerprint density at radius 3 is 2.89 bits per heavy atom. The summed E-state index contributed by atoms with van der Waals surface area (Å²) in [6, 6.07) is 5.52. The highest BCUT2D eigenvalue weighted by molar-refractivity contribution is 6.29. The van der Waals surface area contributed by atoms with E-state index in [9.17, 15) is 4.39 Å². The van der Waals surface area contributed by atoms with Crippen LogP contribution in [0.1, 0.15) is 5.82 Å². The normalized spacial score (nSPS) is 9.83. The number of rotatable bonds is 3. The molecule has 4 nitrogen and oxygen atoms in total. The molecule has 0 N–H and O–H groups in total. The predicted molar refractivity (Wildman–Crippen MR) is 64.0 cm³/mol. The monoisotopic (exact) mass is 263 g/mol. The smallest absolute Gasteiger partial charge is 0.190 e. The summed E-state index contributed by atoms with van der Waals surface area (Å²) >= 11 is 5.68. The maximum atomic E-state index is 13.5. The van der Waals surface area contributed by atoms with Gasteiger partial charge in [0.1, 0.15) is 11.8 Å². The van der Waals surface area contributed by atoms with Gasteiger partial charge in [0.05, 0.1) is 6.57 Å². The van der Waals surface area contributed by atoms with Crippen molar-refractivity contribution < 1.29 is 9.13 Å². The summed E-state index contributed by atoms with van der Waals surface area (Å²) in [7, 11) is 0. The first-order chi connectivity index (χ1) is 8.69. The van der Waals surface area contributed by atoms with Crippen LogP contribution in [0.25, 0.3) is 4.85 Å². The maximum absolute atomic E-state index is 13.5. The van der Waals surface area contributed by atoms with Crippen LogP contribution in [-0.4, -0.2) is 9.97 Å². The molecule has 90 valence electrons. The van der Waals surface area contributed by atoms with Crippen molar-refractivity contribution >= 4 is 17.3 Å². The van der Waals surface area contributed by atoms with Gasteiger partial charge in [0.25, 0.3) is 0 Å². The zero-order chi connectivity index (χ0) is 13.0. The van der Waals surface area contributed by atoms with Crippen molar-refractivity contribution in [1.82, 2.24) is 9.97 Å². The van der Waals surface area contributed by atoms with Gasteiger partial charge in [0, 0.05) is 6.20 Å². The topological polar surface area (TPSA) is 39.4 Å². The van der Waals surface area contributed by atoms with E-state index in [0.717, 1.165) is 6.07 Å². The van der Waals surface area contributed by atoms with E-state index >= 15 is 0 Å². The van der Waals surface area contributed by atoms with Crippen LogP contribution in [0, 0.1) is 12.4 Å². The standard InChI is InChI=1S/C12H7ClFN3O/c1-15-8-2-3-10(9(14)6-8)18-7-12-16-5-4-11(13)17-12/h2-6H,7H2. The number of hydrogen-bond acceptors (Lipinski definition) is 3. The van der Waals surface area contributed by atoms with E-state index in [1.165, 1.54) is 24.4 Å². The largest absolute Gasteiger partial charge is 0.483 e. The molecule has 1 aromatic heterocycles. The second kappa shape index (κ2) is 5.43. The molecule has 0 unspecified atom stereocenters. The Labute approximate surface area is 108 Å². The molecule has 2 rings (SSSR count). The number of nitrogens with zero attached hydrogens (tertiary/aromatic N) is 3. The molecule has 0 aliphatic carbocycles. The molecule has 0 aliphatic heterocycles. The molecular weight excluding hydrogens is 257 g/mol. The van der Waals surface area contributed by atoms with Crippen molar-refractivity contribution in [3.8, 4) is 5.75 Å². The summed E-state index contributed by atoms with van der Waals surface area (Å²) < 4.78 is 18.7. The Bertz CT molecular complexity index is 613. The molecule has 0 bridgehead atoms. The fraction of sp³-hybridized carbons (Fsp3) is 0.0833. The molecule has 1 aromatic carbocycles. The third-order valence-electron chi connectivity index (χ3n) is 2.07. The molecule has 0 amide bonds. The number of hydrogen-bond donors (Lipinski definition) is 0. The van der Waals surface area contributed by atoms with E-state index in [-0.39, 0.29) is 18.0 Å². The third-order valence-corrected chi connectivity index (χ3v) is 2.28. The van der Waals surface area contributed by atoms with Gasteiger partial charge in [-0.3, -0.25) is 0 Å². The Balaban J connectivity index is 2.09. The van der Waals surface area contributed by atoms with E-state index in [4.69, 9.17) is 22.9 Å². The first-order valence-electron chi connectivity index (χ1n) is 4.96. The molecule has 0 spiro atoms. The zero-order valence-corrected chi connectivity index (χ0v) is 9.86. The van der Waals surface area contributed by atoms with Crippen LogP contribution in [0.15, 0.2) is 30.5 Å². The molecule has 1 heterocycles. The average Bonchev–Trinajstić information content (AvgIpc) is 2.37. The lowest BCUT2D eigenvalue weighted by atomic mass is 10.3. The van der Waals surface area contributed by atoms with Crippen molar-refractivity contribution in [3.63, 3.8) is 0 Å². The molecule has 0 saturated heterocycles. The highest BCUT2D eigenvalue weighted by atomic mass is 35.5. The van der Waals surface area contributed by atoms with Crippen LogP contribution in [0.3, 0.4) is 0 Å². The van der Waals surface area contributed by atoms with Crippen LogP contribution in [0.4, 0.5) is 10.1 Å². The van der Waals surface area contributed by atoms with Gasteiger partial charge in [-0.05, 0) is 18.2 Å². The van der Waals surface area contributed by atoms with Crippen LogP contribution in [-0.2, 0) is 6.61 Å². The number of ether oxygens (including phenoxy) is 1. The van der Waals surface area contributed by atoms with Crippen LogP contribution < -0.4 is 4.74 Å². The maximum Gasteiger partial charge on any atom is 0.190 e. The molecule has 2 aromatic rings. The van der Waals surface area contributed by atoms with Gasteiger partial charge in [-0.25, -0.2) is 19.2 Å². The second-order valence-electron chi connectivity index (χ2n) is 3.31. The first-order valence-corrected chi connectivity index (χ1v) is 5.34. The van der Waals surface area contributed by atoms with Gasteiger partial charge in [-0.15, -0.1) is 0 Å². The van der Waals surface area contributed by atoms with E-state index < -0.39 is 5.82 Å². The summed E-state index contributed by atoms with van der Waals surface area (Å²) in [4.78, 5) is 11.0. The van der Waals surface area contributed by atoms with Gasteiger partial charge in [0.2, 0.25) is 0 Å². The lowest BCUT2D eigenvalue weighted by molar-refractivity contribution is 0.281. The fourth-order valence-electron chi connectivity index (χ4n) is 1.26. The van der Waals surface area contributed by atoms with Crippen molar-refractivity contribution in [2.45, 2.75) is 6.61 Å². The second-order valence-corrected chi connectivity index (χ2v) is 3.70. The molecule has 0 radical (unpaired) electrons. The van der Waals surface area contributed by atoms with Gasteiger partial charge < -0.3 is 4.74 Å². The van der Waals surface area contributed by atoms with E-state index in [1.807, 2.05) is 0 Å². The lowest BCUT2D eigenvalue weighted by Gasteiger charge is -2.06. The molecule has 0 fully saturated rings.